The molecule has 0 spiro atoms. The summed E-state index contributed by atoms with van der Waals surface area (Å²) in [7, 11) is 0. The number of aryl methyl sites for hydroxylation is 3. The molecule has 3 rings (SSSR count). The van der Waals surface area contributed by atoms with E-state index < -0.39 is 0 Å². The number of hydrogen-bond donors (Lipinski definition) is 0. The van der Waals surface area contributed by atoms with Crippen LogP contribution in [0.2, 0.25) is 0 Å². The molecule has 2 nitrogen and oxygen atoms in total. The zero-order valence-corrected chi connectivity index (χ0v) is 12.7. The Kier molecular flexibility index (Phi) is 3.61. The molecule has 0 saturated heterocycles. The molecule has 106 valence electrons. The Morgan fingerprint density at radius 2 is 1.67 bits per heavy atom. The number of rotatable bonds is 3. The monoisotopic (exact) mass is 277 g/mol. The lowest BCUT2D eigenvalue weighted by Gasteiger charge is -2.08. The van der Waals surface area contributed by atoms with Gasteiger partial charge in [-0.2, -0.15) is 0 Å². The molecule has 0 amide bonds. The van der Waals surface area contributed by atoms with Gasteiger partial charge in [0.2, 0.25) is 0 Å². The van der Waals surface area contributed by atoms with Crippen LogP contribution >= 0.6 is 0 Å². The molecule has 0 N–H and O–H groups in total. The summed E-state index contributed by atoms with van der Waals surface area (Å²) in [6.07, 6.45) is 0.943. The second-order valence-corrected chi connectivity index (χ2v) is 5.57. The van der Waals surface area contributed by atoms with Crippen molar-refractivity contribution in [2.24, 2.45) is 0 Å². The maximum atomic E-state index is 5.30. The van der Waals surface area contributed by atoms with E-state index in [1.165, 1.54) is 22.3 Å². The van der Waals surface area contributed by atoms with Crippen LogP contribution in [-0.2, 0) is 6.42 Å². The Morgan fingerprint density at radius 1 is 0.905 bits per heavy atom. The third kappa shape index (κ3) is 2.89. The highest BCUT2D eigenvalue weighted by molar-refractivity contribution is 5.69. The molecule has 0 aliphatic carbocycles. The van der Waals surface area contributed by atoms with Crippen LogP contribution in [0.3, 0.4) is 0 Å². The van der Waals surface area contributed by atoms with Crippen molar-refractivity contribution in [3.63, 3.8) is 0 Å². The molecule has 0 saturated carbocycles. The molecule has 1 aromatic heterocycles. The van der Waals surface area contributed by atoms with Crippen molar-refractivity contribution in [3.05, 3.63) is 76.7 Å². The van der Waals surface area contributed by atoms with Gasteiger partial charge >= 0.3 is 0 Å². The normalized spacial score (nSPS) is 10.8. The van der Waals surface area contributed by atoms with Crippen LogP contribution in [-0.4, -0.2) is 5.16 Å². The van der Waals surface area contributed by atoms with Gasteiger partial charge in [-0.3, -0.25) is 0 Å². The lowest BCUT2D eigenvalue weighted by atomic mass is 9.96. The van der Waals surface area contributed by atoms with E-state index in [9.17, 15) is 0 Å². The minimum Gasteiger partial charge on any atom is -0.361 e. The molecule has 2 heteroatoms. The van der Waals surface area contributed by atoms with E-state index in [2.05, 4.69) is 60.6 Å². The van der Waals surface area contributed by atoms with Crippen LogP contribution in [0.15, 0.2) is 53.1 Å². The lowest BCUT2D eigenvalue weighted by Crippen LogP contribution is -1.91. The van der Waals surface area contributed by atoms with Gasteiger partial charge in [-0.25, -0.2) is 0 Å². The Hall–Kier alpha value is -2.35. The quantitative estimate of drug-likeness (QED) is 0.683. The molecule has 1 heterocycles. The molecular weight excluding hydrogens is 258 g/mol. The summed E-state index contributed by atoms with van der Waals surface area (Å²) >= 11 is 0. The van der Waals surface area contributed by atoms with E-state index >= 15 is 0 Å². The van der Waals surface area contributed by atoms with Crippen LogP contribution in [0.5, 0.6) is 0 Å². The van der Waals surface area contributed by atoms with Gasteiger partial charge in [0, 0.05) is 5.56 Å². The van der Waals surface area contributed by atoms with Gasteiger partial charge < -0.3 is 4.52 Å². The fraction of sp³-hybridized carbons (Fsp3) is 0.211. The first-order valence-corrected chi connectivity index (χ1v) is 7.21. The van der Waals surface area contributed by atoms with Crippen LogP contribution < -0.4 is 0 Å². The van der Waals surface area contributed by atoms with Crippen molar-refractivity contribution in [2.45, 2.75) is 27.2 Å². The molecule has 0 radical (unpaired) electrons. The van der Waals surface area contributed by atoms with E-state index in [4.69, 9.17) is 4.52 Å². The van der Waals surface area contributed by atoms with Crippen molar-refractivity contribution in [3.8, 4) is 11.1 Å². The summed E-state index contributed by atoms with van der Waals surface area (Å²) in [6.45, 7) is 6.09. The average Bonchev–Trinajstić information content (AvgIpc) is 2.78. The molecule has 0 atom stereocenters. The summed E-state index contributed by atoms with van der Waals surface area (Å²) in [5.74, 6) is 0.878. The van der Waals surface area contributed by atoms with E-state index in [-0.39, 0.29) is 0 Å². The number of hydrogen-bond acceptors (Lipinski definition) is 2. The van der Waals surface area contributed by atoms with E-state index in [0.717, 1.165) is 23.4 Å². The first kappa shape index (κ1) is 13.6. The average molecular weight is 277 g/mol. The van der Waals surface area contributed by atoms with Gasteiger partial charge in [-0.15, -0.1) is 0 Å². The fourth-order valence-electron chi connectivity index (χ4n) is 2.84. The molecule has 0 aliphatic rings. The van der Waals surface area contributed by atoms with Gasteiger partial charge in [-0.05, 0) is 43.9 Å². The molecule has 21 heavy (non-hydrogen) atoms. The smallest absolute Gasteiger partial charge is 0.141 e. The predicted molar refractivity (Wildman–Crippen MR) is 85.4 cm³/mol. The Labute approximate surface area is 125 Å². The molecule has 0 unspecified atom stereocenters. The zero-order chi connectivity index (χ0) is 14.8. The van der Waals surface area contributed by atoms with E-state index in [1.54, 1.807) is 0 Å². The Morgan fingerprint density at radius 3 is 2.33 bits per heavy atom. The van der Waals surface area contributed by atoms with E-state index in [0.29, 0.717) is 0 Å². The van der Waals surface area contributed by atoms with Crippen LogP contribution in [0.25, 0.3) is 11.1 Å². The maximum absolute atomic E-state index is 5.30. The fourth-order valence-corrected chi connectivity index (χ4v) is 2.84. The predicted octanol–water partition coefficient (Wildman–Crippen LogP) is 4.86. The summed E-state index contributed by atoms with van der Waals surface area (Å²) in [5, 5.41) is 4.06. The minimum absolute atomic E-state index is 0.878. The highest BCUT2D eigenvalue weighted by Gasteiger charge is 2.12. The van der Waals surface area contributed by atoms with Gasteiger partial charge in [0.1, 0.15) is 5.76 Å². The maximum Gasteiger partial charge on any atom is 0.141 e. The Bertz CT molecular complexity index is 737. The molecule has 0 bridgehead atoms. The second kappa shape index (κ2) is 5.57. The first-order valence-electron chi connectivity index (χ1n) is 7.21. The topological polar surface area (TPSA) is 26.0 Å². The zero-order valence-electron chi connectivity index (χ0n) is 12.7. The Balaban J connectivity index is 2.01. The SMILES string of the molecule is Cc1cc(Cc2ccccc2)cc(-c2c(C)noc2C)c1. The van der Waals surface area contributed by atoms with Crippen molar-refractivity contribution < 1.29 is 4.52 Å². The summed E-state index contributed by atoms with van der Waals surface area (Å²) in [5.41, 5.74) is 7.16. The molecule has 0 aliphatic heterocycles. The number of benzene rings is 2. The highest BCUT2D eigenvalue weighted by Crippen LogP contribution is 2.29. The first-order chi connectivity index (χ1) is 10.1. The standard InChI is InChI=1S/C19H19NO/c1-13-9-17(11-16-7-5-4-6-8-16)12-18(10-13)19-14(2)20-21-15(19)3/h4-10,12H,11H2,1-3H3. The lowest BCUT2D eigenvalue weighted by molar-refractivity contribution is 0.393. The summed E-state index contributed by atoms with van der Waals surface area (Å²) < 4.78 is 5.30. The number of aromatic nitrogens is 1. The van der Waals surface area contributed by atoms with Gasteiger partial charge in [-0.1, -0.05) is 59.3 Å². The second-order valence-electron chi connectivity index (χ2n) is 5.57. The van der Waals surface area contributed by atoms with Crippen molar-refractivity contribution in [2.75, 3.05) is 0 Å². The summed E-state index contributed by atoms with van der Waals surface area (Å²) in [4.78, 5) is 0. The van der Waals surface area contributed by atoms with Crippen molar-refractivity contribution in [1.29, 1.82) is 0 Å². The van der Waals surface area contributed by atoms with Crippen molar-refractivity contribution >= 4 is 0 Å². The molecule has 3 aromatic rings. The molecular formula is C19H19NO. The van der Waals surface area contributed by atoms with Gasteiger partial charge in [0.15, 0.2) is 0 Å². The third-order valence-electron chi connectivity index (χ3n) is 3.71. The van der Waals surface area contributed by atoms with Gasteiger partial charge in [0.05, 0.1) is 5.69 Å². The largest absolute Gasteiger partial charge is 0.361 e. The van der Waals surface area contributed by atoms with E-state index in [1.807, 2.05) is 13.8 Å². The van der Waals surface area contributed by atoms with Crippen LogP contribution in [0.4, 0.5) is 0 Å². The molecule has 0 fully saturated rings. The van der Waals surface area contributed by atoms with Crippen LogP contribution in [0.1, 0.15) is 28.1 Å². The van der Waals surface area contributed by atoms with Gasteiger partial charge in [0.25, 0.3) is 0 Å². The minimum atomic E-state index is 0.878. The summed E-state index contributed by atoms with van der Waals surface area (Å²) in [6, 6.07) is 17.2. The molecule has 2 aromatic carbocycles. The van der Waals surface area contributed by atoms with Crippen LogP contribution in [0, 0.1) is 20.8 Å². The number of nitrogens with zero attached hydrogens (tertiary/aromatic N) is 1. The highest BCUT2D eigenvalue weighted by atomic mass is 16.5. The van der Waals surface area contributed by atoms with Crippen molar-refractivity contribution in [1.82, 2.24) is 5.16 Å². The third-order valence-corrected chi connectivity index (χ3v) is 3.71.